The summed E-state index contributed by atoms with van der Waals surface area (Å²) in [6.45, 7) is 5.59. The van der Waals surface area contributed by atoms with Gasteiger partial charge in [-0.15, -0.1) is 5.10 Å². The van der Waals surface area contributed by atoms with Crippen molar-refractivity contribution < 1.29 is 4.79 Å². The molecule has 1 fully saturated rings. The molecule has 3 aromatic rings. The van der Waals surface area contributed by atoms with Gasteiger partial charge in [-0.2, -0.15) is 0 Å². The number of amides is 1. The number of pyridine rings is 1. The van der Waals surface area contributed by atoms with Gasteiger partial charge in [0.05, 0.1) is 25.0 Å². The number of tetrazole rings is 1. The maximum absolute atomic E-state index is 12.4. The average Bonchev–Trinajstić information content (AvgIpc) is 3.29. The minimum Gasteiger partial charge on any atom is -0.349 e. The van der Waals surface area contributed by atoms with E-state index in [9.17, 15) is 4.79 Å². The Balaban J connectivity index is 1.33. The quantitative estimate of drug-likeness (QED) is 0.694. The van der Waals surface area contributed by atoms with E-state index in [2.05, 4.69) is 37.6 Å². The van der Waals surface area contributed by atoms with Gasteiger partial charge in [0.15, 0.2) is 5.82 Å². The van der Waals surface area contributed by atoms with Crippen LogP contribution in [0.4, 0.5) is 0 Å². The van der Waals surface area contributed by atoms with Crippen molar-refractivity contribution in [1.29, 1.82) is 0 Å². The molecule has 1 aliphatic heterocycles. The highest BCUT2D eigenvalue weighted by Gasteiger charge is 2.19. The van der Waals surface area contributed by atoms with Crippen molar-refractivity contribution in [1.82, 2.24) is 39.8 Å². The Morgan fingerprint density at radius 3 is 3.00 bits per heavy atom. The fourth-order valence-corrected chi connectivity index (χ4v) is 3.38. The highest BCUT2D eigenvalue weighted by atomic mass is 16.2. The largest absolute Gasteiger partial charge is 0.349 e. The maximum Gasteiger partial charge on any atom is 0.242 e. The van der Waals surface area contributed by atoms with Gasteiger partial charge in [-0.25, -0.2) is 9.67 Å². The molecule has 1 saturated heterocycles. The number of rotatable bonds is 6. The van der Waals surface area contributed by atoms with Gasteiger partial charge in [-0.1, -0.05) is 13.0 Å². The molecule has 4 heterocycles. The summed E-state index contributed by atoms with van der Waals surface area (Å²) in [5.41, 5.74) is 1.79. The van der Waals surface area contributed by atoms with Crippen molar-refractivity contribution >= 4 is 11.6 Å². The highest BCUT2D eigenvalue weighted by Crippen LogP contribution is 2.17. The highest BCUT2D eigenvalue weighted by molar-refractivity contribution is 5.75. The summed E-state index contributed by atoms with van der Waals surface area (Å²) in [6.07, 6.45) is 6.10. The first kappa shape index (κ1) is 17.6. The summed E-state index contributed by atoms with van der Waals surface area (Å²) < 4.78 is 3.54. The number of nitrogens with zero attached hydrogens (tertiary/aromatic N) is 7. The fourth-order valence-electron chi connectivity index (χ4n) is 3.38. The van der Waals surface area contributed by atoms with Crippen LogP contribution in [0.5, 0.6) is 0 Å². The first-order valence-electron chi connectivity index (χ1n) is 9.34. The topological polar surface area (TPSA) is 93.2 Å². The van der Waals surface area contributed by atoms with Gasteiger partial charge in [0.1, 0.15) is 12.2 Å². The van der Waals surface area contributed by atoms with E-state index in [0.29, 0.717) is 13.1 Å². The van der Waals surface area contributed by atoms with Gasteiger partial charge in [0.2, 0.25) is 5.91 Å². The van der Waals surface area contributed by atoms with E-state index in [1.165, 1.54) is 12.8 Å². The van der Waals surface area contributed by atoms with Crippen LogP contribution in [0.15, 0.2) is 30.6 Å². The second-order valence-corrected chi connectivity index (χ2v) is 7.17. The standard InChI is InChI=1S/C18H24N8O/c1-14-5-8-24(9-6-14)12-17-21-22-23-26(17)13-18(27)20-11-15-10-19-16-4-2-3-7-25(15)16/h2-4,7,10,14H,5-6,8-9,11-13H2,1H3,(H,20,27). The summed E-state index contributed by atoms with van der Waals surface area (Å²) >= 11 is 0. The van der Waals surface area contributed by atoms with Crippen molar-refractivity contribution in [3.8, 4) is 0 Å². The van der Waals surface area contributed by atoms with Crippen LogP contribution in [-0.2, 0) is 24.4 Å². The number of carbonyl (C=O) groups is 1. The molecule has 0 aliphatic carbocycles. The Morgan fingerprint density at radius 1 is 1.30 bits per heavy atom. The van der Waals surface area contributed by atoms with Gasteiger partial charge < -0.3 is 9.72 Å². The third kappa shape index (κ3) is 4.13. The Labute approximate surface area is 157 Å². The molecule has 0 unspecified atom stereocenters. The Kier molecular flexibility index (Phi) is 5.10. The first-order chi connectivity index (χ1) is 13.2. The van der Waals surface area contributed by atoms with Crippen LogP contribution < -0.4 is 5.32 Å². The van der Waals surface area contributed by atoms with E-state index in [-0.39, 0.29) is 12.5 Å². The Hall–Kier alpha value is -2.81. The van der Waals surface area contributed by atoms with Crippen LogP contribution in [0.25, 0.3) is 5.65 Å². The predicted molar refractivity (Wildman–Crippen MR) is 98.5 cm³/mol. The molecule has 1 amide bonds. The van der Waals surface area contributed by atoms with Crippen LogP contribution in [0, 0.1) is 5.92 Å². The lowest BCUT2D eigenvalue weighted by molar-refractivity contribution is -0.122. The van der Waals surface area contributed by atoms with Crippen LogP contribution in [-0.4, -0.2) is 53.5 Å². The lowest BCUT2D eigenvalue weighted by Crippen LogP contribution is -2.34. The van der Waals surface area contributed by atoms with Crippen molar-refractivity contribution in [3.05, 3.63) is 42.1 Å². The van der Waals surface area contributed by atoms with E-state index < -0.39 is 0 Å². The SMILES string of the molecule is CC1CCN(Cc2nnnn2CC(=O)NCc2cnc3ccccn23)CC1. The molecule has 0 radical (unpaired) electrons. The van der Waals surface area contributed by atoms with Gasteiger partial charge in [0, 0.05) is 6.20 Å². The van der Waals surface area contributed by atoms with E-state index in [1.807, 2.05) is 28.8 Å². The van der Waals surface area contributed by atoms with Crippen LogP contribution in [0.2, 0.25) is 0 Å². The predicted octanol–water partition coefficient (Wildman–Crippen LogP) is 0.869. The number of nitrogens with one attached hydrogen (secondary N) is 1. The second-order valence-electron chi connectivity index (χ2n) is 7.17. The molecule has 0 bridgehead atoms. The fraction of sp³-hybridized carbons (Fsp3) is 0.500. The van der Waals surface area contributed by atoms with E-state index in [0.717, 1.165) is 36.2 Å². The van der Waals surface area contributed by atoms with Crippen molar-refractivity contribution in [2.45, 2.75) is 39.4 Å². The minimum atomic E-state index is -0.123. The van der Waals surface area contributed by atoms with Gasteiger partial charge in [-0.3, -0.25) is 9.69 Å². The van der Waals surface area contributed by atoms with E-state index in [4.69, 9.17) is 0 Å². The second kappa shape index (κ2) is 7.83. The number of likely N-dealkylation sites (tertiary alicyclic amines) is 1. The summed E-state index contributed by atoms with van der Waals surface area (Å²) in [5, 5.41) is 14.8. The molecule has 0 spiro atoms. The normalized spacial score (nSPS) is 16.0. The lowest BCUT2D eigenvalue weighted by atomic mass is 9.99. The number of carbonyl (C=O) groups excluding carboxylic acids is 1. The molecule has 1 N–H and O–H groups in total. The lowest BCUT2D eigenvalue weighted by Gasteiger charge is -2.29. The number of fused-ring (bicyclic) bond motifs is 1. The van der Waals surface area contributed by atoms with Crippen molar-refractivity contribution in [2.75, 3.05) is 13.1 Å². The van der Waals surface area contributed by atoms with Gasteiger partial charge in [-0.05, 0) is 54.4 Å². The van der Waals surface area contributed by atoms with Crippen LogP contribution >= 0.6 is 0 Å². The Bertz CT molecular complexity index is 909. The van der Waals surface area contributed by atoms with Gasteiger partial charge >= 0.3 is 0 Å². The molecule has 9 nitrogen and oxygen atoms in total. The molecule has 27 heavy (non-hydrogen) atoms. The van der Waals surface area contributed by atoms with Crippen molar-refractivity contribution in [3.63, 3.8) is 0 Å². The number of hydrogen-bond donors (Lipinski definition) is 1. The number of piperidine rings is 1. The summed E-state index contributed by atoms with van der Waals surface area (Å²) in [7, 11) is 0. The summed E-state index contributed by atoms with van der Waals surface area (Å²) in [4.78, 5) is 19.0. The summed E-state index contributed by atoms with van der Waals surface area (Å²) in [5.74, 6) is 1.39. The molecule has 0 saturated carbocycles. The van der Waals surface area contributed by atoms with E-state index in [1.54, 1.807) is 10.9 Å². The zero-order valence-corrected chi connectivity index (χ0v) is 15.5. The molecule has 1 aliphatic rings. The molecule has 0 aromatic carbocycles. The zero-order chi connectivity index (χ0) is 18.6. The first-order valence-corrected chi connectivity index (χ1v) is 9.34. The van der Waals surface area contributed by atoms with Gasteiger partial charge in [0.25, 0.3) is 0 Å². The number of hydrogen-bond acceptors (Lipinski definition) is 6. The smallest absolute Gasteiger partial charge is 0.242 e. The third-order valence-corrected chi connectivity index (χ3v) is 5.10. The van der Waals surface area contributed by atoms with Crippen LogP contribution in [0.3, 0.4) is 0 Å². The molecule has 3 aromatic heterocycles. The van der Waals surface area contributed by atoms with E-state index >= 15 is 0 Å². The minimum absolute atomic E-state index is 0.114. The molecule has 9 heteroatoms. The molecular formula is C18H24N8O. The molecule has 0 atom stereocenters. The zero-order valence-electron chi connectivity index (χ0n) is 15.5. The number of aromatic nitrogens is 6. The average molecular weight is 368 g/mol. The Morgan fingerprint density at radius 2 is 2.15 bits per heavy atom. The van der Waals surface area contributed by atoms with Crippen molar-refractivity contribution in [2.24, 2.45) is 5.92 Å². The van der Waals surface area contributed by atoms with Crippen LogP contribution in [0.1, 0.15) is 31.3 Å². The molecular weight excluding hydrogens is 344 g/mol. The maximum atomic E-state index is 12.4. The summed E-state index contributed by atoms with van der Waals surface area (Å²) in [6, 6.07) is 5.81. The molecule has 4 rings (SSSR count). The third-order valence-electron chi connectivity index (χ3n) is 5.10. The molecule has 142 valence electrons. The monoisotopic (exact) mass is 368 g/mol. The number of imidazole rings is 1.